The first-order valence-electron chi connectivity index (χ1n) is 9.19. The van der Waals surface area contributed by atoms with E-state index >= 15 is 0 Å². The second-order valence-electron chi connectivity index (χ2n) is 7.08. The third-order valence-electron chi connectivity index (χ3n) is 5.10. The Bertz CT molecular complexity index is 1360. The minimum atomic E-state index is -1.49. The van der Waals surface area contributed by atoms with E-state index in [1.54, 1.807) is 0 Å². The number of amides is 2. The molecule has 2 amide bonds. The van der Waals surface area contributed by atoms with Crippen LogP contribution in [0.4, 0.5) is 14.5 Å². The summed E-state index contributed by atoms with van der Waals surface area (Å²) in [5.74, 6) is -6.57. The lowest BCUT2D eigenvalue weighted by atomic mass is 10.00. The number of halogens is 2. The Morgan fingerprint density at radius 2 is 1.41 bits per heavy atom. The number of aromatic hydroxyl groups is 1. The van der Waals surface area contributed by atoms with E-state index in [0.717, 1.165) is 24.3 Å². The van der Waals surface area contributed by atoms with E-state index in [1.165, 1.54) is 31.2 Å². The molecule has 0 fully saturated rings. The summed E-state index contributed by atoms with van der Waals surface area (Å²) in [6.07, 6.45) is 0. The zero-order valence-electron chi connectivity index (χ0n) is 16.3. The van der Waals surface area contributed by atoms with Gasteiger partial charge < -0.3 is 10.2 Å². The van der Waals surface area contributed by atoms with Crippen LogP contribution in [0.15, 0.2) is 48.5 Å². The third-order valence-corrected chi connectivity index (χ3v) is 5.10. The van der Waals surface area contributed by atoms with Crippen LogP contribution in [-0.2, 0) is 0 Å². The Balaban J connectivity index is 1.89. The molecule has 1 aliphatic rings. The van der Waals surface area contributed by atoms with E-state index in [9.17, 15) is 38.2 Å². The topological polar surface area (TPSA) is 112 Å². The lowest BCUT2D eigenvalue weighted by molar-refractivity contribution is 0.0692. The number of carbonyl (C=O) groups is 4. The first-order chi connectivity index (χ1) is 15.1. The van der Waals surface area contributed by atoms with Crippen molar-refractivity contribution in [1.82, 2.24) is 0 Å². The molecule has 32 heavy (non-hydrogen) atoms. The molecule has 160 valence electrons. The van der Waals surface area contributed by atoms with Gasteiger partial charge in [-0.25, -0.2) is 18.5 Å². The van der Waals surface area contributed by atoms with Crippen molar-refractivity contribution < 1.29 is 38.2 Å². The number of carboxylic acids is 1. The fraction of sp³-hybridized carbons (Fsp3) is 0.0435. The van der Waals surface area contributed by atoms with Crippen molar-refractivity contribution in [2.45, 2.75) is 6.92 Å². The Morgan fingerprint density at radius 3 is 2.00 bits per heavy atom. The minimum Gasteiger partial charge on any atom is -0.507 e. The first-order valence-corrected chi connectivity index (χ1v) is 9.19. The van der Waals surface area contributed by atoms with Gasteiger partial charge in [-0.05, 0) is 54.4 Å². The molecular weight excluding hydrogens is 424 g/mol. The van der Waals surface area contributed by atoms with Crippen molar-refractivity contribution in [3.8, 4) is 16.9 Å². The lowest BCUT2D eigenvalue weighted by Gasteiger charge is -2.18. The molecule has 0 spiro atoms. The molecular formula is C23H13F2NO6. The Labute approximate surface area is 179 Å². The average Bonchev–Trinajstić information content (AvgIpc) is 2.98. The molecule has 0 aromatic heterocycles. The van der Waals surface area contributed by atoms with Crippen LogP contribution >= 0.6 is 0 Å². The molecule has 0 bridgehead atoms. The summed E-state index contributed by atoms with van der Waals surface area (Å²) in [7, 11) is 0. The molecule has 7 nitrogen and oxygen atoms in total. The smallest absolute Gasteiger partial charge is 0.339 e. The predicted molar refractivity (Wildman–Crippen MR) is 108 cm³/mol. The SMILES string of the molecule is CC(=O)c1ccc(-c2ccc(F)c(F)c2)cc1N1C(=O)c2cc(O)c(C(=O)O)cc2C1=O. The monoisotopic (exact) mass is 437 g/mol. The molecule has 3 aromatic carbocycles. The van der Waals surface area contributed by atoms with Gasteiger partial charge in [0.1, 0.15) is 11.3 Å². The quantitative estimate of drug-likeness (QED) is 0.471. The summed E-state index contributed by atoms with van der Waals surface area (Å²) in [5.41, 5.74) is -0.606. The number of carbonyl (C=O) groups excluding carboxylic acids is 3. The second kappa shape index (κ2) is 7.38. The Kier molecular flexibility index (Phi) is 4.81. The molecule has 4 rings (SSSR count). The highest BCUT2D eigenvalue weighted by molar-refractivity contribution is 6.36. The number of imide groups is 1. The van der Waals surface area contributed by atoms with E-state index < -0.39 is 46.5 Å². The molecule has 0 saturated heterocycles. The fourth-order valence-corrected chi connectivity index (χ4v) is 3.53. The number of fused-ring (bicyclic) bond motifs is 1. The number of carboxylic acid groups (broad SMARTS) is 1. The maximum absolute atomic E-state index is 13.7. The van der Waals surface area contributed by atoms with Crippen LogP contribution in [0.1, 0.15) is 48.4 Å². The second-order valence-corrected chi connectivity index (χ2v) is 7.08. The predicted octanol–water partition coefficient (Wildman–Crippen LogP) is 4.04. The zero-order chi connectivity index (χ0) is 23.3. The summed E-state index contributed by atoms with van der Waals surface area (Å²) < 4.78 is 27.0. The van der Waals surface area contributed by atoms with Gasteiger partial charge in [0.25, 0.3) is 11.8 Å². The van der Waals surface area contributed by atoms with E-state index in [1.807, 2.05) is 0 Å². The maximum atomic E-state index is 13.7. The number of hydrogen-bond acceptors (Lipinski definition) is 5. The van der Waals surface area contributed by atoms with Gasteiger partial charge in [0, 0.05) is 5.56 Å². The largest absolute Gasteiger partial charge is 0.507 e. The molecule has 2 N–H and O–H groups in total. The van der Waals surface area contributed by atoms with Gasteiger partial charge in [-0.3, -0.25) is 14.4 Å². The number of rotatable bonds is 4. The van der Waals surface area contributed by atoms with Crippen molar-refractivity contribution in [1.29, 1.82) is 0 Å². The number of phenols is 1. The van der Waals surface area contributed by atoms with Crippen molar-refractivity contribution in [3.05, 3.63) is 82.4 Å². The van der Waals surface area contributed by atoms with E-state index in [2.05, 4.69) is 0 Å². The normalized spacial score (nSPS) is 12.8. The van der Waals surface area contributed by atoms with Gasteiger partial charge in [0.05, 0.1) is 16.8 Å². The van der Waals surface area contributed by atoms with Gasteiger partial charge in [0.15, 0.2) is 17.4 Å². The Morgan fingerprint density at radius 1 is 0.812 bits per heavy atom. The highest BCUT2D eigenvalue weighted by Gasteiger charge is 2.39. The van der Waals surface area contributed by atoms with E-state index in [4.69, 9.17) is 0 Å². The van der Waals surface area contributed by atoms with E-state index in [-0.39, 0.29) is 27.9 Å². The molecule has 1 aliphatic heterocycles. The molecule has 0 saturated carbocycles. The van der Waals surface area contributed by atoms with Crippen LogP contribution in [0.25, 0.3) is 11.1 Å². The minimum absolute atomic E-state index is 0.00789. The molecule has 9 heteroatoms. The van der Waals surface area contributed by atoms with Crippen molar-refractivity contribution in [2.75, 3.05) is 4.90 Å². The van der Waals surface area contributed by atoms with Crippen LogP contribution < -0.4 is 4.90 Å². The van der Waals surface area contributed by atoms with Crippen LogP contribution in [0.3, 0.4) is 0 Å². The highest BCUT2D eigenvalue weighted by Crippen LogP contribution is 2.36. The number of hydrogen-bond donors (Lipinski definition) is 2. The number of aromatic carboxylic acids is 1. The summed E-state index contributed by atoms with van der Waals surface area (Å²) >= 11 is 0. The average molecular weight is 437 g/mol. The van der Waals surface area contributed by atoms with Gasteiger partial charge in [-0.15, -0.1) is 0 Å². The van der Waals surface area contributed by atoms with Crippen LogP contribution in [0.5, 0.6) is 5.75 Å². The van der Waals surface area contributed by atoms with E-state index in [0.29, 0.717) is 10.5 Å². The molecule has 0 radical (unpaired) electrons. The summed E-state index contributed by atoms with van der Waals surface area (Å²) in [5, 5.41) is 19.1. The van der Waals surface area contributed by atoms with Crippen LogP contribution in [-0.4, -0.2) is 33.8 Å². The molecule has 1 heterocycles. The highest BCUT2D eigenvalue weighted by atomic mass is 19.2. The van der Waals surface area contributed by atoms with Crippen LogP contribution in [0.2, 0.25) is 0 Å². The fourth-order valence-electron chi connectivity index (χ4n) is 3.53. The number of nitrogens with zero attached hydrogens (tertiary/aromatic N) is 1. The van der Waals surface area contributed by atoms with Crippen molar-refractivity contribution in [2.24, 2.45) is 0 Å². The van der Waals surface area contributed by atoms with Gasteiger partial charge in [0.2, 0.25) is 0 Å². The van der Waals surface area contributed by atoms with Gasteiger partial charge in [-0.1, -0.05) is 12.1 Å². The van der Waals surface area contributed by atoms with Crippen molar-refractivity contribution in [3.63, 3.8) is 0 Å². The molecule has 0 atom stereocenters. The number of Topliss-reactive ketones (excluding diaryl/α,β-unsaturated/α-hetero) is 1. The van der Waals surface area contributed by atoms with Crippen molar-refractivity contribution >= 4 is 29.3 Å². The number of anilines is 1. The summed E-state index contributed by atoms with van der Waals surface area (Å²) in [4.78, 5) is 50.2. The maximum Gasteiger partial charge on any atom is 0.339 e. The van der Waals surface area contributed by atoms with Crippen LogP contribution in [0, 0.1) is 11.6 Å². The molecule has 0 unspecified atom stereocenters. The Hall–Kier alpha value is -4.40. The molecule has 0 aliphatic carbocycles. The lowest BCUT2D eigenvalue weighted by Crippen LogP contribution is -2.30. The standard InChI is InChI=1S/C23H13F2NO6/c1-10(27)13-4-2-12(11-3-5-17(24)18(25)6-11)7-19(13)26-21(29)14-8-16(23(31)32)20(28)9-15(14)22(26)30/h2-9,28H,1H3,(H,31,32). The first kappa shape index (κ1) is 20.9. The number of benzene rings is 3. The third kappa shape index (κ3) is 3.20. The zero-order valence-corrected chi connectivity index (χ0v) is 16.3. The molecule has 3 aromatic rings. The summed E-state index contributed by atoms with van der Waals surface area (Å²) in [6, 6.07) is 9.03. The summed E-state index contributed by atoms with van der Waals surface area (Å²) in [6.45, 7) is 1.22. The van der Waals surface area contributed by atoms with Gasteiger partial charge in [-0.2, -0.15) is 0 Å². The van der Waals surface area contributed by atoms with Gasteiger partial charge >= 0.3 is 5.97 Å². The number of ketones is 1.